The zero-order chi connectivity index (χ0) is 13.1. The Hall–Kier alpha value is -2.43. The van der Waals surface area contributed by atoms with Crippen LogP contribution in [-0.2, 0) is 0 Å². The molecule has 1 rings (SSSR count). The molecule has 1 aromatic carbocycles. The van der Waals surface area contributed by atoms with Gasteiger partial charge in [0.05, 0.1) is 5.56 Å². The van der Waals surface area contributed by atoms with Crippen molar-refractivity contribution in [3.8, 4) is 29.8 Å². The zero-order valence-electron chi connectivity index (χ0n) is 10.5. The molecule has 18 heavy (non-hydrogen) atoms. The molecule has 0 aliphatic rings. The Kier molecular flexibility index (Phi) is 6.58. The van der Waals surface area contributed by atoms with Crippen LogP contribution in [-0.4, -0.2) is 0 Å². The number of hydrogen-bond acceptors (Lipinski definition) is 1. The highest BCUT2D eigenvalue weighted by Crippen LogP contribution is 2.04. The quantitative estimate of drug-likeness (QED) is 0.565. The summed E-state index contributed by atoms with van der Waals surface area (Å²) in [5, 5.41) is 8.88. The van der Waals surface area contributed by atoms with Crippen LogP contribution in [0.25, 0.3) is 0 Å². The predicted molar refractivity (Wildman–Crippen MR) is 74.5 cm³/mol. The van der Waals surface area contributed by atoms with Crippen molar-refractivity contribution in [2.75, 3.05) is 0 Å². The zero-order valence-corrected chi connectivity index (χ0v) is 10.5. The molecule has 0 bridgehead atoms. The fourth-order valence-electron chi connectivity index (χ4n) is 1.29. The first-order valence-electron chi connectivity index (χ1n) is 6.02. The van der Waals surface area contributed by atoms with E-state index in [1.54, 1.807) is 18.2 Å². The van der Waals surface area contributed by atoms with E-state index in [2.05, 4.69) is 36.7 Å². The number of nitrogens with zero attached hydrogens (tertiary/aromatic N) is 1. The third-order valence-electron chi connectivity index (χ3n) is 2.26. The number of unbranched alkanes of at least 4 members (excludes halogenated alkanes) is 2. The summed E-state index contributed by atoms with van der Waals surface area (Å²) in [6, 6.07) is 9.42. The smallest absolute Gasteiger partial charge is 0.100 e. The van der Waals surface area contributed by atoms with Crippen LogP contribution in [0.15, 0.2) is 36.4 Å². The fraction of sp³-hybridized carbons (Fsp3) is 0.235. The van der Waals surface area contributed by atoms with Gasteiger partial charge in [0.25, 0.3) is 0 Å². The monoisotopic (exact) mass is 233 g/mol. The molecule has 0 saturated heterocycles. The van der Waals surface area contributed by atoms with Crippen LogP contribution in [0.2, 0.25) is 0 Å². The van der Waals surface area contributed by atoms with E-state index in [-0.39, 0.29) is 0 Å². The van der Waals surface area contributed by atoms with Gasteiger partial charge in [-0.1, -0.05) is 49.2 Å². The van der Waals surface area contributed by atoms with Gasteiger partial charge in [-0.15, -0.1) is 0 Å². The van der Waals surface area contributed by atoms with Gasteiger partial charge in [-0.2, -0.15) is 5.26 Å². The van der Waals surface area contributed by atoms with Gasteiger partial charge in [0.2, 0.25) is 0 Å². The lowest BCUT2D eigenvalue weighted by molar-refractivity contribution is 0.828. The Morgan fingerprint density at radius 3 is 2.56 bits per heavy atom. The highest BCUT2D eigenvalue weighted by Gasteiger charge is 1.94. The number of nitriles is 1. The van der Waals surface area contributed by atoms with E-state index in [1.165, 1.54) is 6.42 Å². The molecule has 0 heterocycles. The SMILES string of the molecule is CCCCC#CC=CC#Cc1ccccc1C#N. The molecule has 0 unspecified atom stereocenters. The molecule has 0 aromatic heterocycles. The van der Waals surface area contributed by atoms with Gasteiger partial charge in [0.15, 0.2) is 0 Å². The van der Waals surface area contributed by atoms with Crippen molar-refractivity contribution in [2.24, 2.45) is 0 Å². The molecule has 0 radical (unpaired) electrons. The molecule has 0 N–H and O–H groups in total. The van der Waals surface area contributed by atoms with Gasteiger partial charge in [-0.05, 0) is 30.7 Å². The number of allylic oxidation sites excluding steroid dienone is 2. The molecule has 1 aromatic rings. The second kappa shape index (κ2) is 8.69. The normalized spacial score (nSPS) is 8.89. The van der Waals surface area contributed by atoms with Gasteiger partial charge in [0, 0.05) is 12.0 Å². The largest absolute Gasteiger partial charge is 0.192 e. The summed E-state index contributed by atoms with van der Waals surface area (Å²) in [6.07, 6.45) is 6.71. The lowest BCUT2D eigenvalue weighted by Gasteiger charge is -1.91. The molecule has 0 saturated carbocycles. The molecule has 0 amide bonds. The third kappa shape index (κ3) is 5.07. The van der Waals surface area contributed by atoms with Crippen molar-refractivity contribution in [1.82, 2.24) is 0 Å². The van der Waals surface area contributed by atoms with Gasteiger partial charge < -0.3 is 0 Å². The minimum atomic E-state index is 0.604. The number of rotatable bonds is 2. The molecule has 1 heteroatoms. The van der Waals surface area contributed by atoms with E-state index in [0.717, 1.165) is 18.4 Å². The van der Waals surface area contributed by atoms with E-state index >= 15 is 0 Å². The molecule has 0 atom stereocenters. The highest BCUT2D eigenvalue weighted by molar-refractivity contribution is 5.48. The van der Waals surface area contributed by atoms with E-state index in [4.69, 9.17) is 5.26 Å². The van der Waals surface area contributed by atoms with Gasteiger partial charge >= 0.3 is 0 Å². The average molecular weight is 233 g/mol. The van der Waals surface area contributed by atoms with Gasteiger partial charge in [-0.3, -0.25) is 0 Å². The molecular weight excluding hydrogens is 218 g/mol. The van der Waals surface area contributed by atoms with E-state index in [0.29, 0.717) is 5.56 Å². The van der Waals surface area contributed by atoms with E-state index in [9.17, 15) is 0 Å². The van der Waals surface area contributed by atoms with Crippen LogP contribution >= 0.6 is 0 Å². The standard InChI is InChI=1S/C17H15N/c1-2-3-4-5-6-7-8-9-12-16-13-10-11-14-17(16)15-18/h7-8,10-11,13-14H,2-4H2,1H3. The van der Waals surface area contributed by atoms with Gasteiger partial charge in [-0.25, -0.2) is 0 Å². The van der Waals surface area contributed by atoms with Crippen LogP contribution in [0, 0.1) is 35.0 Å². The highest BCUT2D eigenvalue weighted by atomic mass is 14.2. The maximum atomic E-state index is 8.88. The lowest BCUT2D eigenvalue weighted by atomic mass is 10.1. The Labute approximate surface area is 109 Å². The Balaban J connectivity index is 2.58. The molecule has 0 aliphatic heterocycles. The van der Waals surface area contributed by atoms with E-state index < -0.39 is 0 Å². The Bertz CT molecular complexity index is 565. The molecular formula is C17H15N. The molecule has 0 spiro atoms. The van der Waals surface area contributed by atoms with Crippen molar-refractivity contribution in [2.45, 2.75) is 26.2 Å². The molecule has 0 aliphatic carbocycles. The van der Waals surface area contributed by atoms with Crippen LogP contribution < -0.4 is 0 Å². The van der Waals surface area contributed by atoms with Crippen molar-refractivity contribution in [1.29, 1.82) is 5.26 Å². The maximum absolute atomic E-state index is 8.88. The third-order valence-corrected chi connectivity index (χ3v) is 2.26. The fourth-order valence-corrected chi connectivity index (χ4v) is 1.29. The molecule has 1 nitrogen and oxygen atoms in total. The summed E-state index contributed by atoms with van der Waals surface area (Å²) in [7, 11) is 0. The second-order valence-electron chi connectivity index (χ2n) is 3.68. The maximum Gasteiger partial charge on any atom is 0.100 e. The van der Waals surface area contributed by atoms with Crippen molar-refractivity contribution < 1.29 is 0 Å². The summed E-state index contributed by atoms with van der Waals surface area (Å²) in [6.45, 7) is 2.15. The first-order chi connectivity index (χ1) is 8.88. The lowest BCUT2D eigenvalue weighted by Crippen LogP contribution is -1.80. The van der Waals surface area contributed by atoms with Gasteiger partial charge in [0.1, 0.15) is 6.07 Å². The number of hydrogen-bond donors (Lipinski definition) is 0. The average Bonchev–Trinajstić information content (AvgIpc) is 2.42. The first kappa shape index (κ1) is 13.6. The Morgan fingerprint density at radius 2 is 1.83 bits per heavy atom. The minimum absolute atomic E-state index is 0.604. The topological polar surface area (TPSA) is 23.8 Å². The second-order valence-corrected chi connectivity index (χ2v) is 3.68. The van der Waals surface area contributed by atoms with Crippen LogP contribution in [0.5, 0.6) is 0 Å². The summed E-state index contributed by atoms with van der Waals surface area (Å²) < 4.78 is 0. The van der Waals surface area contributed by atoms with Crippen LogP contribution in [0.4, 0.5) is 0 Å². The van der Waals surface area contributed by atoms with Crippen molar-refractivity contribution >= 4 is 0 Å². The van der Waals surface area contributed by atoms with Crippen LogP contribution in [0.3, 0.4) is 0 Å². The summed E-state index contributed by atoms with van der Waals surface area (Å²) in [5.41, 5.74) is 1.36. The Morgan fingerprint density at radius 1 is 1.11 bits per heavy atom. The van der Waals surface area contributed by atoms with Crippen molar-refractivity contribution in [3.05, 3.63) is 47.5 Å². The summed E-state index contributed by atoms with van der Waals surface area (Å²) in [4.78, 5) is 0. The first-order valence-corrected chi connectivity index (χ1v) is 6.02. The van der Waals surface area contributed by atoms with Crippen LogP contribution in [0.1, 0.15) is 37.3 Å². The molecule has 0 fully saturated rings. The number of benzene rings is 1. The minimum Gasteiger partial charge on any atom is -0.192 e. The van der Waals surface area contributed by atoms with E-state index in [1.807, 2.05) is 18.2 Å². The van der Waals surface area contributed by atoms with Crippen molar-refractivity contribution in [3.63, 3.8) is 0 Å². The predicted octanol–water partition coefficient (Wildman–Crippen LogP) is 3.66. The molecule has 88 valence electrons. The summed E-state index contributed by atoms with van der Waals surface area (Å²) in [5.74, 6) is 11.8. The summed E-state index contributed by atoms with van der Waals surface area (Å²) >= 11 is 0.